The molecule has 2 N–H and O–H groups in total. The summed E-state index contributed by atoms with van der Waals surface area (Å²) in [5.74, 6) is 0. The average molecular weight is 179 g/mol. The molecule has 2 rings (SSSR count). The van der Waals surface area contributed by atoms with E-state index < -0.39 is 0 Å². The van der Waals surface area contributed by atoms with Gasteiger partial charge in [-0.15, -0.1) is 0 Å². The van der Waals surface area contributed by atoms with E-state index >= 15 is 0 Å². The molecular weight excluding hydrogens is 162 g/mol. The summed E-state index contributed by atoms with van der Waals surface area (Å²) in [7, 11) is 0. The summed E-state index contributed by atoms with van der Waals surface area (Å²) >= 11 is 0. The van der Waals surface area contributed by atoms with Gasteiger partial charge in [-0.05, 0) is 38.1 Å². The Labute approximate surface area is 79.5 Å². The van der Waals surface area contributed by atoms with Crippen LogP contribution in [0.1, 0.15) is 26.2 Å². The Bertz CT molecular complexity index is 239. The number of nitrogens with zero attached hydrogens (tertiary/aromatic N) is 2. The van der Waals surface area contributed by atoms with Crippen molar-refractivity contribution in [2.75, 3.05) is 13.1 Å². The molecule has 0 aromatic rings. The molecule has 3 nitrogen and oxygen atoms in total. The molecule has 1 saturated heterocycles. The van der Waals surface area contributed by atoms with Crippen molar-refractivity contribution >= 4 is 0 Å². The molecule has 2 atom stereocenters. The molecule has 2 aliphatic rings. The zero-order valence-electron chi connectivity index (χ0n) is 8.16. The van der Waals surface area contributed by atoms with Crippen LogP contribution in [0.3, 0.4) is 0 Å². The summed E-state index contributed by atoms with van der Waals surface area (Å²) < 4.78 is 0. The maximum atomic E-state index is 8.71. The highest BCUT2D eigenvalue weighted by Gasteiger charge is 2.48. The van der Waals surface area contributed by atoms with Gasteiger partial charge in [0.05, 0.1) is 6.07 Å². The fourth-order valence-corrected chi connectivity index (χ4v) is 2.24. The standard InChI is InChI=1S/C10H17N3/c1-8(9(12)6-11)13-5-4-10(7-13)2-3-10/h8-9H,2-5,7,12H2,1H3. The van der Waals surface area contributed by atoms with Gasteiger partial charge in [-0.2, -0.15) is 5.26 Å². The molecule has 1 saturated carbocycles. The van der Waals surface area contributed by atoms with Gasteiger partial charge in [0.2, 0.25) is 0 Å². The van der Waals surface area contributed by atoms with Gasteiger partial charge in [0, 0.05) is 12.6 Å². The van der Waals surface area contributed by atoms with Crippen LogP contribution in [0, 0.1) is 16.7 Å². The van der Waals surface area contributed by atoms with Crippen molar-refractivity contribution in [3.63, 3.8) is 0 Å². The molecule has 0 amide bonds. The normalized spacial score (nSPS) is 29.9. The van der Waals surface area contributed by atoms with Crippen molar-refractivity contribution < 1.29 is 0 Å². The van der Waals surface area contributed by atoms with Crippen molar-refractivity contribution in [2.24, 2.45) is 11.1 Å². The van der Waals surface area contributed by atoms with Crippen molar-refractivity contribution in [2.45, 2.75) is 38.3 Å². The number of rotatable bonds is 2. The summed E-state index contributed by atoms with van der Waals surface area (Å²) in [4.78, 5) is 2.38. The summed E-state index contributed by atoms with van der Waals surface area (Å²) in [6.07, 6.45) is 4.09. The lowest BCUT2D eigenvalue weighted by molar-refractivity contribution is 0.233. The quantitative estimate of drug-likeness (QED) is 0.679. The molecule has 0 aromatic carbocycles. The lowest BCUT2D eigenvalue weighted by Gasteiger charge is -2.25. The smallest absolute Gasteiger partial charge is 0.108 e. The maximum Gasteiger partial charge on any atom is 0.108 e. The molecule has 1 heterocycles. The minimum Gasteiger partial charge on any atom is -0.315 e. The van der Waals surface area contributed by atoms with Crippen LogP contribution in [0.5, 0.6) is 0 Å². The molecule has 0 aromatic heterocycles. The Morgan fingerprint density at radius 3 is 2.62 bits per heavy atom. The monoisotopic (exact) mass is 179 g/mol. The lowest BCUT2D eigenvalue weighted by Crippen LogP contribution is -2.44. The highest BCUT2D eigenvalue weighted by atomic mass is 15.2. The first kappa shape index (κ1) is 8.98. The average Bonchev–Trinajstić information content (AvgIpc) is 2.74. The SMILES string of the molecule is CC(C(N)C#N)N1CCC2(CC2)C1. The molecule has 2 unspecified atom stereocenters. The van der Waals surface area contributed by atoms with E-state index in [4.69, 9.17) is 11.0 Å². The molecule has 72 valence electrons. The van der Waals surface area contributed by atoms with E-state index in [1.807, 2.05) is 0 Å². The minimum atomic E-state index is -0.325. The molecule has 0 radical (unpaired) electrons. The zero-order chi connectivity index (χ0) is 9.47. The third-order valence-corrected chi connectivity index (χ3v) is 3.67. The van der Waals surface area contributed by atoms with Crippen LogP contribution in [0.4, 0.5) is 0 Å². The topological polar surface area (TPSA) is 53.1 Å². The Hall–Kier alpha value is -0.590. The van der Waals surface area contributed by atoms with Crippen molar-refractivity contribution in [3.05, 3.63) is 0 Å². The van der Waals surface area contributed by atoms with Crippen molar-refractivity contribution in [3.8, 4) is 6.07 Å². The second-order valence-corrected chi connectivity index (χ2v) is 4.62. The fourth-order valence-electron chi connectivity index (χ4n) is 2.24. The van der Waals surface area contributed by atoms with Crippen LogP contribution >= 0.6 is 0 Å². The molecule has 1 aliphatic carbocycles. The Morgan fingerprint density at radius 2 is 2.15 bits per heavy atom. The van der Waals surface area contributed by atoms with E-state index in [1.165, 1.54) is 25.8 Å². The highest BCUT2D eigenvalue weighted by molar-refractivity contribution is 5.04. The molecule has 2 fully saturated rings. The van der Waals surface area contributed by atoms with Gasteiger partial charge in [0.25, 0.3) is 0 Å². The van der Waals surface area contributed by atoms with Crippen LogP contribution in [0.2, 0.25) is 0 Å². The van der Waals surface area contributed by atoms with E-state index in [0.717, 1.165) is 6.54 Å². The maximum absolute atomic E-state index is 8.71. The molecule has 1 spiro atoms. The first-order valence-corrected chi connectivity index (χ1v) is 5.06. The van der Waals surface area contributed by atoms with Crippen LogP contribution in [-0.4, -0.2) is 30.1 Å². The van der Waals surface area contributed by atoms with E-state index in [9.17, 15) is 0 Å². The zero-order valence-corrected chi connectivity index (χ0v) is 8.16. The third kappa shape index (κ3) is 1.56. The summed E-state index contributed by atoms with van der Waals surface area (Å²) in [6.45, 7) is 4.37. The molecule has 1 aliphatic heterocycles. The first-order chi connectivity index (χ1) is 6.17. The van der Waals surface area contributed by atoms with Gasteiger partial charge in [-0.25, -0.2) is 0 Å². The molecular formula is C10H17N3. The van der Waals surface area contributed by atoms with Crippen molar-refractivity contribution in [1.29, 1.82) is 5.26 Å². The third-order valence-electron chi connectivity index (χ3n) is 3.67. The van der Waals surface area contributed by atoms with Crippen molar-refractivity contribution in [1.82, 2.24) is 4.90 Å². The highest BCUT2D eigenvalue weighted by Crippen LogP contribution is 2.52. The van der Waals surface area contributed by atoms with Gasteiger partial charge in [-0.3, -0.25) is 4.90 Å². The Morgan fingerprint density at radius 1 is 1.46 bits per heavy atom. The minimum absolute atomic E-state index is 0.227. The summed E-state index contributed by atoms with van der Waals surface area (Å²) in [6, 6.07) is 2.03. The van der Waals surface area contributed by atoms with Gasteiger partial charge < -0.3 is 5.73 Å². The lowest BCUT2D eigenvalue weighted by atomic mass is 10.1. The van der Waals surface area contributed by atoms with Crippen LogP contribution in [-0.2, 0) is 0 Å². The summed E-state index contributed by atoms with van der Waals surface area (Å²) in [5, 5.41) is 8.71. The van der Waals surface area contributed by atoms with Gasteiger partial charge in [0.1, 0.15) is 6.04 Å². The Kier molecular flexibility index (Phi) is 2.05. The number of hydrogen-bond acceptors (Lipinski definition) is 3. The number of nitriles is 1. The summed E-state index contributed by atoms with van der Waals surface area (Å²) in [5.41, 5.74) is 6.34. The number of hydrogen-bond donors (Lipinski definition) is 1. The van der Waals surface area contributed by atoms with Gasteiger partial charge in [0.15, 0.2) is 0 Å². The Balaban J connectivity index is 1.92. The number of likely N-dealkylation sites (tertiary alicyclic amines) is 1. The van der Waals surface area contributed by atoms with Gasteiger partial charge >= 0.3 is 0 Å². The fraction of sp³-hybridized carbons (Fsp3) is 0.900. The van der Waals surface area contributed by atoms with Gasteiger partial charge in [-0.1, -0.05) is 0 Å². The second kappa shape index (κ2) is 2.97. The molecule has 13 heavy (non-hydrogen) atoms. The van der Waals surface area contributed by atoms with Crippen LogP contribution in [0.25, 0.3) is 0 Å². The van der Waals surface area contributed by atoms with E-state index in [0.29, 0.717) is 5.41 Å². The number of nitrogens with two attached hydrogens (primary N) is 1. The predicted molar refractivity (Wildman–Crippen MR) is 50.9 cm³/mol. The van der Waals surface area contributed by atoms with Crippen LogP contribution < -0.4 is 5.73 Å². The van der Waals surface area contributed by atoms with E-state index in [-0.39, 0.29) is 12.1 Å². The first-order valence-electron chi connectivity index (χ1n) is 5.06. The molecule has 0 bridgehead atoms. The van der Waals surface area contributed by atoms with E-state index in [2.05, 4.69) is 17.9 Å². The predicted octanol–water partition coefficient (Wildman–Crippen LogP) is 0.712. The second-order valence-electron chi connectivity index (χ2n) is 4.62. The molecule has 3 heteroatoms. The largest absolute Gasteiger partial charge is 0.315 e. The van der Waals surface area contributed by atoms with Crippen LogP contribution in [0.15, 0.2) is 0 Å². The van der Waals surface area contributed by atoms with E-state index in [1.54, 1.807) is 0 Å².